The molecule has 1 N–H and O–H groups in total. The molecule has 0 bridgehead atoms. The van der Waals surface area contributed by atoms with Gasteiger partial charge >= 0.3 is 0 Å². The van der Waals surface area contributed by atoms with E-state index in [0.717, 1.165) is 11.5 Å². The number of furan rings is 1. The maximum Gasteiger partial charge on any atom is 0.105 e. The Morgan fingerprint density at radius 3 is 2.47 bits per heavy atom. The van der Waals surface area contributed by atoms with E-state index in [1.807, 2.05) is 34.7 Å². The summed E-state index contributed by atoms with van der Waals surface area (Å²) in [4.78, 5) is 0. The van der Waals surface area contributed by atoms with Gasteiger partial charge in [0.25, 0.3) is 0 Å². The van der Waals surface area contributed by atoms with E-state index in [1.54, 1.807) is 0 Å². The molecule has 0 saturated carbocycles. The van der Waals surface area contributed by atoms with Crippen molar-refractivity contribution in [2.45, 2.75) is 39.8 Å². The third-order valence-electron chi connectivity index (χ3n) is 2.40. The molecule has 0 saturated heterocycles. The van der Waals surface area contributed by atoms with Gasteiger partial charge in [0.1, 0.15) is 11.5 Å². The number of hydrogen-bond acceptors (Lipinski definition) is 3. The van der Waals surface area contributed by atoms with Gasteiger partial charge in [-0.25, -0.2) is 0 Å². The van der Waals surface area contributed by atoms with Gasteiger partial charge in [-0.2, -0.15) is 0 Å². The van der Waals surface area contributed by atoms with Crippen LogP contribution in [0.1, 0.15) is 37.0 Å². The summed E-state index contributed by atoms with van der Waals surface area (Å²) in [6.07, 6.45) is 0.258. The van der Waals surface area contributed by atoms with Crippen LogP contribution in [0.25, 0.3) is 0 Å². The standard InChI is InChI=1S/C12H21NO2/c1-8(2)14-7-12(13-5)11-6-9(3)15-10(11)4/h6,8,12-13H,7H2,1-5H3. The number of nitrogens with one attached hydrogen (secondary N) is 1. The predicted octanol–water partition coefficient (Wildman–Crippen LogP) is 2.58. The SMILES string of the molecule is CNC(COC(C)C)c1cc(C)oc1C. The maximum atomic E-state index is 5.61. The predicted molar refractivity (Wildman–Crippen MR) is 61.1 cm³/mol. The average molecular weight is 211 g/mol. The first kappa shape index (κ1) is 12.3. The Bertz CT molecular complexity index is 305. The van der Waals surface area contributed by atoms with Gasteiger partial charge in [-0.3, -0.25) is 0 Å². The molecule has 86 valence electrons. The summed E-state index contributed by atoms with van der Waals surface area (Å²) in [6, 6.07) is 2.28. The molecule has 1 aromatic rings. The molecule has 1 unspecified atom stereocenters. The summed E-state index contributed by atoms with van der Waals surface area (Å²) in [5.74, 6) is 1.92. The van der Waals surface area contributed by atoms with Crippen molar-refractivity contribution in [2.24, 2.45) is 0 Å². The summed E-state index contributed by atoms with van der Waals surface area (Å²) < 4.78 is 11.1. The third kappa shape index (κ3) is 3.36. The Kier molecular flexibility index (Phi) is 4.36. The summed E-state index contributed by atoms with van der Waals surface area (Å²) in [7, 11) is 1.94. The molecular formula is C12H21NO2. The van der Waals surface area contributed by atoms with E-state index in [4.69, 9.17) is 9.15 Å². The molecule has 0 aliphatic rings. The third-order valence-corrected chi connectivity index (χ3v) is 2.40. The van der Waals surface area contributed by atoms with Crippen LogP contribution < -0.4 is 5.32 Å². The van der Waals surface area contributed by atoms with Crippen molar-refractivity contribution in [1.82, 2.24) is 5.32 Å². The topological polar surface area (TPSA) is 34.4 Å². The van der Waals surface area contributed by atoms with E-state index in [-0.39, 0.29) is 12.1 Å². The molecule has 0 aliphatic heterocycles. The summed E-state index contributed by atoms with van der Waals surface area (Å²) in [6.45, 7) is 8.71. The van der Waals surface area contributed by atoms with Crippen LogP contribution in [-0.2, 0) is 4.74 Å². The first-order chi connectivity index (χ1) is 7.04. The van der Waals surface area contributed by atoms with E-state index < -0.39 is 0 Å². The number of aryl methyl sites for hydroxylation is 2. The van der Waals surface area contributed by atoms with Crippen molar-refractivity contribution >= 4 is 0 Å². The van der Waals surface area contributed by atoms with Crippen LogP contribution in [0, 0.1) is 13.8 Å². The van der Waals surface area contributed by atoms with E-state index in [1.165, 1.54) is 5.56 Å². The highest BCUT2D eigenvalue weighted by Crippen LogP contribution is 2.21. The van der Waals surface area contributed by atoms with Gasteiger partial charge in [0.05, 0.1) is 18.8 Å². The van der Waals surface area contributed by atoms with Gasteiger partial charge in [-0.15, -0.1) is 0 Å². The summed E-state index contributed by atoms with van der Waals surface area (Å²) in [5, 5.41) is 3.24. The molecule has 3 heteroatoms. The molecule has 1 heterocycles. The minimum absolute atomic E-state index is 0.213. The fourth-order valence-corrected chi connectivity index (χ4v) is 1.61. The van der Waals surface area contributed by atoms with E-state index in [0.29, 0.717) is 6.61 Å². The van der Waals surface area contributed by atoms with Crippen molar-refractivity contribution in [1.29, 1.82) is 0 Å². The number of hydrogen-bond donors (Lipinski definition) is 1. The van der Waals surface area contributed by atoms with Crippen molar-refractivity contribution in [3.05, 3.63) is 23.2 Å². The van der Waals surface area contributed by atoms with Gasteiger partial charge < -0.3 is 14.5 Å². The Morgan fingerprint density at radius 1 is 1.40 bits per heavy atom. The fraction of sp³-hybridized carbons (Fsp3) is 0.667. The smallest absolute Gasteiger partial charge is 0.105 e. The highest BCUT2D eigenvalue weighted by molar-refractivity contribution is 5.24. The van der Waals surface area contributed by atoms with Gasteiger partial charge in [-0.05, 0) is 40.8 Å². The molecule has 1 atom stereocenters. The number of rotatable bonds is 5. The summed E-state index contributed by atoms with van der Waals surface area (Å²) >= 11 is 0. The zero-order valence-corrected chi connectivity index (χ0v) is 10.3. The Hall–Kier alpha value is -0.800. The lowest BCUT2D eigenvalue weighted by Gasteiger charge is -2.17. The molecule has 0 aliphatic carbocycles. The average Bonchev–Trinajstić information content (AvgIpc) is 2.46. The van der Waals surface area contributed by atoms with E-state index in [9.17, 15) is 0 Å². The van der Waals surface area contributed by atoms with Crippen LogP contribution in [0.4, 0.5) is 0 Å². The molecule has 0 spiro atoms. The molecule has 0 fully saturated rings. The van der Waals surface area contributed by atoms with Crippen molar-refractivity contribution in [3.8, 4) is 0 Å². The zero-order chi connectivity index (χ0) is 11.4. The highest BCUT2D eigenvalue weighted by Gasteiger charge is 2.15. The maximum absolute atomic E-state index is 5.61. The van der Waals surface area contributed by atoms with Gasteiger partial charge in [-0.1, -0.05) is 0 Å². The molecule has 1 aromatic heterocycles. The van der Waals surface area contributed by atoms with Crippen LogP contribution in [-0.4, -0.2) is 19.8 Å². The number of likely N-dealkylation sites (N-methyl/N-ethyl adjacent to an activating group) is 1. The lowest BCUT2D eigenvalue weighted by Crippen LogP contribution is -2.23. The van der Waals surface area contributed by atoms with Crippen LogP contribution in [0.15, 0.2) is 10.5 Å². The van der Waals surface area contributed by atoms with Crippen LogP contribution >= 0.6 is 0 Å². The van der Waals surface area contributed by atoms with Crippen molar-refractivity contribution < 1.29 is 9.15 Å². The van der Waals surface area contributed by atoms with Crippen LogP contribution in [0.5, 0.6) is 0 Å². The van der Waals surface area contributed by atoms with Gasteiger partial charge in [0.2, 0.25) is 0 Å². The first-order valence-electron chi connectivity index (χ1n) is 5.40. The van der Waals surface area contributed by atoms with Crippen molar-refractivity contribution in [3.63, 3.8) is 0 Å². The van der Waals surface area contributed by atoms with Gasteiger partial charge in [0, 0.05) is 5.56 Å². The molecule has 0 aromatic carbocycles. The molecule has 3 nitrogen and oxygen atoms in total. The van der Waals surface area contributed by atoms with Gasteiger partial charge in [0.15, 0.2) is 0 Å². The largest absolute Gasteiger partial charge is 0.466 e. The molecule has 15 heavy (non-hydrogen) atoms. The zero-order valence-electron chi connectivity index (χ0n) is 10.3. The second-order valence-corrected chi connectivity index (χ2v) is 4.09. The Morgan fingerprint density at radius 2 is 2.07 bits per heavy atom. The minimum Gasteiger partial charge on any atom is -0.466 e. The van der Waals surface area contributed by atoms with E-state index in [2.05, 4.69) is 11.4 Å². The monoisotopic (exact) mass is 211 g/mol. The minimum atomic E-state index is 0.213. The lowest BCUT2D eigenvalue weighted by atomic mass is 10.1. The highest BCUT2D eigenvalue weighted by atomic mass is 16.5. The van der Waals surface area contributed by atoms with E-state index >= 15 is 0 Å². The summed E-state index contributed by atoms with van der Waals surface area (Å²) in [5.41, 5.74) is 1.19. The van der Waals surface area contributed by atoms with Crippen molar-refractivity contribution in [2.75, 3.05) is 13.7 Å². The second kappa shape index (κ2) is 5.33. The van der Waals surface area contributed by atoms with Crippen LogP contribution in [0.2, 0.25) is 0 Å². The quantitative estimate of drug-likeness (QED) is 0.813. The molecular weight excluding hydrogens is 190 g/mol. The number of ether oxygens (including phenoxy) is 1. The Labute approximate surface area is 91.8 Å². The first-order valence-corrected chi connectivity index (χ1v) is 5.40. The Balaban J connectivity index is 2.69. The fourth-order valence-electron chi connectivity index (χ4n) is 1.61. The molecule has 0 amide bonds. The lowest BCUT2D eigenvalue weighted by molar-refractivity contribution is 0.0623. The molecule has 1 rings (SSSR count). The second-order valence-electron chi connectivity index (χ2n) is 4.09. The van der Waals surface area contributed by atoms with Crippen LogP contribution in [0.3, 0.4) is 0 Å². The normalized spacial score (nSPS) is 13.5. The molecule has 0 radical (unpaired) electrons.